The fourth-order valence-electron chi connectivity index (χ4n) is 3.78. The molecule has 2 aromatic rings. The number of likely N-dealkylation sites (N-methyl/N-ethyl adjacent to an activating group) is 1. The first kappa shape index (κ1) is 27.9. The molecule has 12 heteroatoms. The molecule has 1 atom stereocenters. The van der Waals surface area contributed by atoms with Crippen LogP contribution in [0.3, 0.4) is 0 Å². The number of anilines is 1. The van der Waals surface area contributed by atoms with E-state index >= 15 is 0 Å². The summed E-state index contributed by atoms with van der Waals surface area (Å²) < 4.78 is 36.9. The molecule has 1 aliphatic heterocycles. The number of hydrogen-bond donors (Lipinski definition) is 1. The molecule has 2 amide bonds. The number of nitrogens with zero attached hydrogens (tertiary/aromatic N) is 2. The van der Waals surface area contributed by atoms with Crippen molar-refractivity contribution in [2.75, 3.05) is 30.4 Å². The van der Waals surface area contributed by atoms with Crippen molar-refractivity contribution in [2.24, 2.45) is 0 Å². The van der Waals surface area contributed by atoms with E-state index in [9.17, 15) is 18.0 Å². The molecule has 196 valence electrons. The normalized spacial score (nSPS) is 13.2. The highest BCUT2D eigenvalue weighted by molar-refractivity contribution is 7.92. The third kappa shape index (κ3) is 6.96. The number of sulfonamides is 1. The Balaban J connectivity index is 1.74. The Morgan fingerprint density at radius 2 is 1.81 bits per heavy atom. The predicted molar refractivity (Wildman–Crippen MR) is 139 cm³/mol. The Morgan fingerprint density at radius 1 is 1.08 bits per heavy atom. The van der Waals surface area contributed by atoms with Crippen LogP contribution in [0.2, 0.25) is 10.0 Å². The minimum absolute atomic E-state index is 0.0294. The maximum absolute atomic E-state index is 13.3. The van der Waals surface area contributed by atoms with Gasteiger partial charge in [-0.05, 0) is 50.1 Å². The van der Waals surface area contributed by atoms with Gasteiger partial charge in [0.1, 0.15) is 6.04 Å². The van der Waals surface area contributed by atoms with Gasteiger partial charge >= 0.3 is 0 Å². The van der Waals surface area contributed by atoms with E-state index in [2.05, 4.69) is 5.32 Å². The molecule has 0 aromatic heterocycles. The third-order valence-electron chi connectivity index (χ3n) is 5.65. The molecule has 0 bridgehead atoms. The fraction of sp³-hybridized carbons (Fsp3) is 0.417. The molecule has 1 unspecified atom stereocenters. The van der Waals surface area contributed by atoms with Gasteiger partial charge in [-0.2, -0.15) is 0 Å². The van der Waals surface area contributed by atoms with E-state index in [1.54, 1.807) is 50.2 Å². The van der Waals surface area contributed by atoms with Gasteiger partial charge in [-0.1, -0.05) is 29.3 Å². The number of rotatable bonds is 11. The van der Waals surface area contributed by atoms with Crippen LogP contribution in [0, 0.1) is 0 Å². The van der Waals surface area contributed by atoms with E-state index in [1.807, 2.05) is 0 Å². The van der Waals surface area contributed by atoms with E-state index < -0.39 is 16.1 Å². The zero-order valence-electron chi connectivity index (χ0n) is 20.3. The molecule has 3 rings (SSSR count). The summed E-state index contributed by atoms with van der Waals surface area (Å²) in [4.78, 5) is 27.2. The third-order valence-corrected chi connectivity index (χ3v) is 7.58. The molecule has 1 heterocycles. The molecule has 0 saturated carbocycles. The topological polar surface area (TPSA) is 105 Å². The summed E-state index contributed by atoms with van der Waals surface area (Å²) in [6.45, 7) is 4.16. The maximum atomic E-state index is 13.3. The Kier molecular flexibility index (Phi) is 9.32. The molecule has 9 nitrogen and oxygen atoms in total. The quantitative estimate of drug-likeness (QED) is 0.450. The average molecular weight is 558 g/mol. The van der Waals surface area contributed by atoms with E-state index in [4.69, 9.17) is 32.7 Å². The lowest BCUT2D eigenvalue weighted by molar-refractivity contribution is -0.140. The lowest BCUT2D eigenvalue weighted by Crippen LogP contribution is -2.47. The second-order valence-corrected chi connectivity index (χ2v) is 11.0. The van der Waals surface area contributed by atoms with E-state index in [0.29, 0.717) is 39.3 Å². The minimum Gasteiger partial charge on any atom is -0.454 e. The monoisotopic (exact) mass is 557 g/mol. The first-order valence-electron chi connectivity index (χ1n) is 11.4. The van der Waals surface area contributed by atoms with Crippen LogP contribution in [0.4, 0.5) is 5.69 Å². The molecular formula is C24H29Cl2N3O6S. The SMILES string of the molecule is CCNC(=O)C(C)N(Cc1ccc(Cl)c(Cl)c1)C(=O)CCCN(c1ccc2c(c1)OCO2)S(C)(=O)=O. The number of ether oxygens (including phenoxy) is 2. The van der Waals surface area contributed by atoms with Crippen molar-refractivity contribution in [1.82, 2.24) is 10.2 Å². The van der Waals surface area contributed by atoms with Crippen molar-refractivity contribution >= 4 is 50.7 Å². The molecule has 0 radical (unpaired) electrons. The van der Waals surface area contributed by atoms with Crippen LogP contribution in [0.1, 0.15) is 32.3 Å². The standard InChI is InChI=1S/C24H29Cl2N3O6S/c1-4-27-24(31)16(2)28(14-17-7-9-19(25)20(26)12-17)23(30)6-5-11-29(36(3,32)33)18-8-10-21-22(13-18)35-15-34-21/h7-10,12-13,16H,4-6,11,14-15H2,1-3H3,(H,27,31). The summed E-state index contributed by atoms with van der Waals surface area (Å²) in [5, 5.41) is 3.47. The zero-order chi connectivity index (χ0) is 26.5. The Hall–Kier alpha value is -2.69. The summed E-state index contributed by atoms with van der Waals surface area (Å²) in [7, 11) is -3.63. The van der Waals surface area contributed by atoms with Crippen LogP contribution in [0.25, 0.3) is 0 Å². The van der Waals surface area contributed by atoms with Crippen LogP contribution in [-0.2, 0) is 26.2 Å². The molecule has 1 aliphatic rings. The zero-order valence-corrected chi connectivity index (χ0v) is 22.6. The Morgan fingerprint density at radius 3 is 2.47 bits per heavy atom. The Labute approximate surface area is 221 Å². The van der Waals surface area contributed by atoms with E-state index in [-0.39, 0.29) is 44.5 Å². The number of carbonyl (C=O) groups excluding carboxylic acids is 2. The van der Waals surface area contributed by atoms with Gasteiger partial charge in [-0.15, -0.1) is 0 Å². The van der Waals surface area contributed by atoms with Crippen LogP contribution in [-0.4, -0.2) is 57.3 Å². The first-order chi connectivity index (χ1) is 17.0. The van der Waals surface area contributed by atoms with Crippen LogP contribution in [0.15, 0.2) is 36.4 Å². The summed E-state index contributed by atoms with van der Waals surface area (Å²) in [5.74, 6) is 0.420. The highest BCUT2D eigenvalue weighted by atomic mass is 35.5. The van der Waals surface area contributed by atoms with Gasteiger partial charge in [0, 0.05) is 32.1 Å². The number of benzene rings is 2. The van der Waals surface area contributed by atoms with E-state index in [1.165, 1.54) is 9.21 Å². The largest absolute Gasteiger partial charge is 0.454 e. The van der Waals surface area contributed by atoms with Gasteiger partial charge < -0.3 is 19.7 Å². The smallest absolute Gasteiger partial charge is 0.242 e. The summed E-state index contributed by atoms with van der Waals surface area (Å²) in [6.07, 6.45) is 1.37. The molecular weight excluding hydrogens is 529 g/mol. The molecule has 0 aliphatic carbocycles. The van der Waals surface area contributed by atoms with Crippen molar-refractivity contribution in [3.05, 3.63) is 52.0 Å². The lowest BCUT2D eigenvalue weighted by Gasteiger charge is -2.29. The van der Waals surface area contributed by atoms with Gasteiger partial charge in [0.05, 0.1) is 22.0 Å². The van der Waals surface area contributed by atoms with Crippen molar-refractivity contribution in [2.45, 2.75) is 39.3 Å². The molecule has 1 N–H and O–H groups in total. The van der Waals surface area contributed by atoms with Crippen molar-refractivity contribution in [3.63, 3.8) is 0 Å². The molecule has 0 saturated heterocycles. The second kappa shape index (κ2) is 12.0. The number of amides is 2. The van der Waals surface area contributed by atoms with Crippen LogP contribution >= 0.6 is 23.2 Å². The summed E-state index contributed by atoms with van der Waals surface area (Å²) in [6, 6.07) is 9.15. The summed E-state index contributed by atoms with van der Waals surface area (Å²) >= 11 is 12.1. The fourth-order valence-corrected chi connectivity index (χ4v) is 5.06. The number of nitrogens with one attached hydrogen (secondary N) is 1. The number of halogens is 2. The molecule has 36 heavy (non-hydrogen) atoms. The van der Waals surface area contributed by atoms with Gasteiger partial charge in [0.25, 0.3) is 0 Å². The van der Waals surface area contributed by atoms with Gasteiger partial charge in [0.2, 0.25) is 28.6 Å². The van der Waals surface area contributed by atoms with Gasteiger partial charge in [-0.25, -0.2) is 8.42 Å². The predicted octanol–water partition coefficient (Wildman–Crippen LogP) is 3.82. The van der Waals surface area contributed by atoms with Crippen LogP contribution < -0.4 is 19.1 Å². The number of fused-ring (bicyclic) bond motifs is 1. The Bertz CT molecular complexity index is 1220. The number of carbonyl (C=O) groups is 2. The van der Waals surface area contributed by atoms with Crippen molar-refractivity contribution < 1.29 is 27.5 Å². The molecule has 2 aromatic carbocycles. The first-order valence-corrected chi connectivity index (χ1v) is 14.0. The second-order valence-electron chi connectivity index (χ2n) is 8.32. The maximum Gasteiger partial charge on any atom is 0.242 e. The highest BCUT2D eigenvalue weighted by Gasteiger charge is 2.27. The molecule has 0 spiro atoms. The van der Waals surface area contributed by atoms with Gasteiger partial charge in [-0.3, -0.25) is 13.9 Å². The van der Waals surface area contributed by atoms with Crippen molar-refractivity contribution in [3.8, 4) is 11.5 Å². The average Bonchev–Trinajstić information content (AvgIpc) is 3.29. The lowest BCUT2D eigenvalue weighted by atomic mass is 10.1. The van der Waals surface area contributed by atoms with Crippen molar-refractivity contribution in [1.29, 1.82) is 0 Å². The highest BCUT2D eigenvalue weighted by Crippen LogP contribution is 2.36. The molecule has 0 fully saturated rings. The minimum atomic E-state index is -3.63. The summed E-state index contributed by atoms with van der Waals surface area (Å²) in [5.41, 5.74) is 1.13. The van der Waals surface area contributed by atoms with E-state index in [0.717, 1.165) is 6.26 Å². The number of hydrogen-bond acceptors (Lipinski definition) is 6. The van der Waals surface area contributed by atoms with Crippen LogP contribution in [0.5, 0.6) is 11.5 Å². The van der Waals surface area contributed by atoms with Gasteiger partial charge in [0.15, 0.2) is 11.5 Å².